The number of aryl methyl sites for hydroxylation is 1. The summed E-state index contributed by atoms with van der Waals surface area (Å²) >= 11 is 5.92. The maximum atomic E-state index is 12.7. The van der Waals surface area contributed by atoms with Crippen LogP contribution in [0.15, 0.2) is 48.5 Å². The number of amides is 1. The van der Waals surface area contributed by atoms with E-state index in [1.54, 1.807) is 36.3 Å². The Bertz CT molecular complexity index is 734. The minimum absolute atomic E-state index is 0.0395. The fourth-order valence-electron chi connectivity index (χ4n) is 2.95. The molecule has 0 aliphatic carbocycles. The van der Waals surface area contributed by atoms with Gasteiger partial charge in [-0.1, -0.05) is 29.3 Å². The zero-order valence-electron chi connectivity index (χ0n) is 14.9. The Balaban J connectivity index is 1.73. The average molecular weight is 375 g/mol. The summed E-state index contributed by atoms with van der Waals surface area (Å²) < 4.78 is 11.0. The van der Waals surface area contributed by atoms with Crippen molar-refractivity contribution >= 4 is 23.2 Å². The van der Waals surface area contributed by atoms with Gasteiger partial charge in [0.15, 0.2) is 6.10 Å². The van der Waals surface area contributed by atoms with Crippen molar-refractivity contribution in [1.82, 2.24) is 5.32 Å². The summed E-state index contributed by atoms with van der Waals surface area (Å²) in [6.45, 7) is 3.99. The number of carbonyl (C=O) groups excluding carboxylic acids is 1. The van der Waals surface area contributed by atoms with Gasteiger partial charge in [-0.25, -0.2) is 0 Å². The standard InChI is InChI=1S/C20H23ClN2O3/c1-14-3-7-16(8-4-14)23-18(13-22-11-12-25-2)19(20(23)24)26-17-9-5-15(21)6-10-17/h3-10,18-19,22H,11-13H2,1-2H3/t18-,19-/m0/s1. The summed E-state index contributed by atoms with van der Waals surface area (Å²) in [5.41, 5.74) is 2.04. The second-order valence-electron chi connectivity index (χ2n) is 6.30. The van der Waals surface area contributed by atoms with E-state index in [0.29, 0.717) is 23.9 Å². The fourth-order valence-corrected chi connectivity index (χ4v) is 3.08. The first kappa shape index (κ1) is 18.7. The highest BCUT2D eigenvalue weighted by atomic mass is 35.5. The summed E-state index contributed by atoms with van der Waals surface area (Å²) in [4.78, 5) is 14.5. The Kier molecular flexibility index (Phi) is 6.14. The van der Waals surface area contributed by atoms with Crippen LogP contribution in [0.5, 0.6) is 5.75 Å². The number of carbonyl (C=O) groups is 1. The molecule has 0 radical (unpaired) electrons. The van der Waals surface area contributed by atoms with Crippen LogP contribution < -0.4 is 15.0 Å². The lowest BCUT2D eigenvalue weighted by Crippen LogP contribution is -2.70. The molecule has 0 spiro atoms. The normalized spacial score (nSPS) is 19.3. The molecule has 1 aliphatic heterocycles. The van der Waals surface area contributed by atoms with Gasteiger partial charge in [0.1, 0.15) is 5.75 Å². The van der Waals surface area contributed by atoms with E-state index in [1.807, 2.05) is 31.2 Å². The summed E-state index contributed by atoms with van der Waals surface area (Å²) in [5.74, 6) is 0.598. The SMILES string of the molecule is COCCNC[C@H]1[C@H](Oc2ccc(Cl)cc2)C(=O)N1c1ccc(C)cc1. The lowest BCUT2D eigenvalue weighted by molar-refractivity contribution is -0.134. The Morgan fingerprint density at radius 2 is 1.81 bits per heavy atom. The van der Waals surface area contributed by atoms with E-state index in [9.17, 15) is 4.79 Å². The Morgan fingerprint density at radius 3 is 2.46 bits per heavy atom. The molecule has 6 heteroatoms. The first-order valence-electron chi connectivity index (χ1n) is 8.62. The molecule has 26 heavy (non-hydrogen) atoms. The second kappa shape index (κ2) is 8.54. The topological polar surface area (TPSA) is 50.8 Å². The molecule has 1 aliphatic rings. The van der Waals surface area contributed by atoms with Gasteiger partial charge in [0.2, 0.25) is 0 Å². The van der Waals surface area contributed by atoms with Gasteiger partial charge >= 0.3 is 0 Å². The predicted molar refractivity (Wildman–Crippen MR) is 103 cm³/mol. The highest BCUT2D eigenvalue weighted by molar-refractivity contribution is 6.30. The molecule has 0 unspecified atom stereocenters. The van der Waals surface area contributed by atoms with Crippen LogP contribution in [0.25, 0.3) is 0 Å². The minimum atomic E-state index is -0.521. The van der Waals surface area contributed by atoms with Crippen LogP contribution in [0.3, 0.4) is 0 Å². The van der Waals surface area contributed by atoms with Gasteiger partial charge < -0.3 is 19.7 Å². The van der Waals surface area contributed by atoms with Crippen LogP contribution in [-0.2, 0) is 9.53 Å². The zero-order valence-corrected chi connectivity index (χ0v) is 15.7. The lowest BCUT2D eigenvalue weighted by Gasteiger charge is -2.46. The molecule has 2 atom stereocenters. The largest absolute Gasteiger partial charge is 0.478 e. The number of methoxy groups -OCH3 is 1. The van der Waals surface area contributed by atoms with E-state index < -0.39 is 6.10 Å². The van der Waals surface area contributed by atoms with Gasteiger partial charge in [0, 0.05) is 30.9 Å². The third-order valence-corrected chi connectivity index (χ3v) is 4.64. The molecule has 0 bridgehead atoms. The van der Waals surface area contributed by atoms with Crippen molar-refractivity contribution in [2.75, 3.05) is 31.7 Å². The van der Waals surface area contributed by atoms with Gasteiger partial charge in [-0.05, 0) is 43.3 Å². The molecule has 0 saturated carbocycles. The van der Waals surface area contributed by atoms with E-state index in [1.165, 1.54) is 0 Å². The van der Waals surface area contributed by atoms with E-state index >= 15 is 0 Å². The van der Waals surface area contributed by atoms with Gasteiger partial charge in [0.25, 0.3) is 5.91 Å². The van der Waals surface area contributed by atoms with Crippen LogP contribution >= 0.6 is 11.6 Å². The number of ether oxygens (including phenoxy) is 2. The fraction of sp³-hybridized carbons (Fsp3) is 0.350. The Morgan fingerprint density at radius 1 is 1.12 bits per heavy atom. The van der Waals surface area contributed by atoms with Crippen molar-refractivity contribution in [3.05, 3.63) is 59.1 Å². The minimum Gasteiger partial charge on any atom is -0.478 e. The molecule has 0 aromatic heterocycles. The Hall–Kier alpha value is -2.08. The van der Waals surface area contributed by atoms with E-state index in [0.717, 1.165) is 17.8 Å². The smallest absolute Gasteiger partial charge is 0.270 e. The number of anilines is 1. The predicted octanol–water partition coefficient (Wildman–Crippen LogP) is 3.05. The summed E-state index contributed by atoms with van der Waals surface area (Å²) in [5, 5.41) is 3.96. The molecule has 2 aromatic carbocycles. The van der Waals surface area contributed by atoms with Crippen molar-refractivity contribution in [1.29, 1.82) is 0 Å². The molecular formula is C20H23ClN2O3. The van der Waals surface area contributed by atoms with Gasteiger partial charge in [-0.15, -0.1) is 0 Å². The summed E-state index contributed by atoms with van der Waals surface area (Å²) in [6.07, 6.45) is -0.521. The maximum Gasteiger partial charge on any atom is 0.270 e. The molecule has 1 N–H and O–H groups in total. The van der Waals surface area contributed by atoms with Crippen molar-refractivity contribution in [2.45, 2.75) is 19.1 Å². The highest BCUT2D eigenvalue weighted by Crippen LogP contribution is 2.31. The number of hydrogen-bond donors (Lipinski definition) is 1. The highest BCUT2D eigenvalue weighted by Gasteiger charge is 2.49. The van der Waals surface area contributed by atoms with Gasteiger partial charge in [0.05, 0.1) is 12.6 Å². The zero-order chi connectivity index (χ0) is 18.5. The van der Waals surface area contributed by atoms with Crippen LogP contribution in [-0.4, -0.2) is 44.9 Å². The molecule has 2 aromatic rings. The van der Waals surface area contributed by atoms with Crippen molar-refractivity contribution in [3.63, 3.8) is 0 Å². The molecule has 1 saturated heterocycles. The molecule has 3 rings (SSSR count). The number of benzene rings is 2. The number of β-lactam (4-membered cyclic amide) rings is 1. The molecule has 5 nitrogen and oxygen atoms in total. The quantitative estimate of drug-likeness (QED) is 0.570. The first-order chi connectivity index (χ1) is 12.6. The van der Waals surface area contributed by atoms with Gasteiger partial charge in [-0.2, -0.15) is 0 Å². The molecule has 138 valence electrons. The maximum absolute atomic E-state index is 12.7. The molecule has 1 fully saturated rings. The van der Waals surface area contributed by atoms with Crippen LogP contribution in [0.2, 0.25) is 5.02 Å². The Labute approximate surface area is 158 Å². The number of halogens is 1. The number of nitrogens with zero attached hydrogens (tertiary/aromatic N) is 1. The average Bonchev–Trinajstić information content (AvgIpc) is 2.65. The monoisotopic (exact) mass is 374 g/mol. The van der Waals surface area contributed by atoms with Crippen LogP contribution in [0.1, 0.15) is 5.56 Å². The molecule has 1 heterocycles. The van der Waals surface area contributed by atoms with E-state index in [-0.39, 0.29) is 11.9 Å². The number of rotatable bonds is 8. The van der Waals surface area contributed by atoms with E-state index in [2.05, 4.69) is 5.32 Å². The molecule has 1 amide bonds. The number of nitrogens with one attached hydrogen (secondary N) is 1. The van der Waals surface area contributed by atoms with Crippen molar-refractivity contribution in [3.8, 4) is 5.75 Å². The third-order valence-electron chi connectivity index (χ3n) is 4.39. The first-order valence-corrected chi connectivity index (χ1v) is 8.99. The van der Waals surface area contributed by atoms with E-state index in [4.69, 9.17) is 21.1 Å². The second-order valence-corrected chi connectivity index (χ2v) is 6.74. The van der Waals surface area contributed by atoms with Crippen molar-refractivity contribution in [2.24, 2.45) is 0 Å². The lowest BCUT2D eigenvalue weighted by atomic mass is 9.96. The summed E-state index contributed by atoms with van der Waals surface area (Å²) in [7, 11) is 1.67. The van der Waals surface area contributed by atoms with Crippen LogP contribution in [0.4, 0.5) is 5.69 Å². The van der Waals surface area contributed by atoms with Crippen LogP contribution in [0, 0.1) is 6.92 Å². The van der Waals surface area contributed by atoms with Crippen molar-refractivity contribution < 1.29 is 14.3 Å². The third kappa shape index (κ3) is 4.18. The summed E-state index contributed by atoms with van der Waals surface area (Å²) in [6, 6.07) is 14.9. The number of hydrogen-bond acceptors (Lipinski definition) is 4. The van der Waals surface area contributed by atoms with Gasteiger partial charge in [-0.3, -0.25) is 4.79 Å². The molecular weight excluding hydrogens is 352 g/mol.